The number of aryl methyl sites for hydroxylation is 1. The van der Waals surface area contributed by atoms with Crippen LogP contribution < -0.4 is 24.8 Å². The van der Waals surface area contributed by atoms with Gasteiger partial charge in [0.25, 0.3) is 0 Å². The highest BCUT2D eigenvalue weighted by atomic mass is 127. The van der Waals surface area contributed by atoms with Crippen molar-refractivity contribution in [2.45, 2.75) is 26.4 Å². The first kappa shape index (κ1) is 23.3. The predicted octanol–water partition coefficient (Wildman–Crippen LogP) is 3.21. The van der Waals surface area contributed by atoms with Crippen LogP contribution in [0.15, 0.2) is 22.5 Å². The molecular formula is C18H27IN4O3S. The fourth-order valence-electron chi connectivity index (χ4n) is 2.41. The van der Waals surface area contributed by atoms with Crippen LogP contribution in [0.3, 0.4) is 0 Å². The topological polar surface area (TPSA) is 77.0 Å². The minimum atomic E-state index is 0. The number of halogens is 1. The van der Waals surface area contributed by atoms with Crippen molar-refractivity contribution in [2.75, 3.05) is 28.4 Å². The van der Waals surface area contributed by atoms with E-state index in [0.717, 1.165) is 22.7 Å². The normalized spacial score (nSPS) is 10.8. The van der Waals surface area contributed by atoms with E-state index in [2.05, 4.69) is 32.9 Å². The zero-order chi connectivity index (χ0) is 18.9. The minimum absolute atomic E-state index is 0. The first-order valence-electron chi connectivity index (χ1n) is 8.31. The quantitative estimate of drug-likeness (QED) is 0.326. The molecule has 1 heterocycles. The van der Waals surface area contributed by atoms with Crippen LogP contribution in [0.4, 0.5) is 0 Å². The maximum atomic E-state index is 5.39. The lowest BCUT2D eigenvalue weighted by Crippen LogP contribution is -2.36. The molecule has 0 radical (unpaired) electrons. The van der Waals surface area contributed by atoms with Gasteiger partial charge in [0.05, 0.1) is 38.6 Å². The second kappa shape index (κ2) is 11.9. The zero-order valence-corrected chi connectivity index (χ0v) is 19.4. The van der Waals surface area contributed by atoms with Gasteiger partial charge < -0.3 is 24.8 Å². The third kappa shape index (κ3) is 6.42. The fraction of sp³-hybridized carbons (Fsp3) is 0.444. The molecule has 0 spiro atoms. The summed E-state index contributed by atoms with van der Waals surface area (Å²) in [6.07, 6.45) is 0.957. The van der Waals surface area contributed by atoms with Gasteiger partial charge in [-0.2, -0.15) is 0 Å². The van der Waals surface area contributed by atoms with Crippen molar-refractivity contribution < 1.29 is 14.2 Å². The van der Waals surface area contributed by atoms with Gasteiger partial charge >= 0.3 is 0 Å². The van der Waals surface area contributed by atoms with E-state index in [1.807, 2.05) is 12.1 Å². The number of methoxy groups -OCH3 is 3. The molecule has 1 aromatic heterocycles. The first-order chi connectivity index (χ1) is 12.6. The van der Waals surface area contributed by atoms with Crippen LogP contribution in [0.25, 0.3) is 0 Å². The molecule has 7 nitrogen and oxygen atoms in total. The molecule has 0 unspecified atom stereocenters. The van der Waals surface area contributed by atoms with E-state index in [-0.39, 0.29) is 24.0 Å². The summed E-state index contributed by atoms with van der Waals surface area (Å²) in [7, 11) is 6.54. The molecule has 0 saturated carbocycles. The number of aromatic nitrogens is 1. The summed E-state index contributed by atoms with van der Waals surface area (Å²) >= 11 is 1.68. The molecule has 2 rings (SSSR count). The van der Waals surface area contributed by atoms with Crippen molar-refractivity contribution in [2.24, 2.45) is 4.99 Å². The van der Waals surface area contributed by atoms with Gasteiger partial charge in [-0.15, -0.1) is 35.3 Å². The number of hydrogen-bond donors (Lipinski definition) is 2. The maximum Gasteiger partial charge on any atom is 0.203 e. The average molecular weight is 506 g/mol. The van der Waals surface area contributed by atoms with Crippen LogP contribution in [0.5, 0.6) is 17.2 Å². The van der Waals surface area contributed by atoms with E-state index < -0.39 is 0 Å². The van der Waals surface area contributed by atoms with E-state index in [4.69, 9.17) is 14.2 Å². The van der Waals surface area contributed by atoms with E-state index in [0.29, 0.717) is 36.3 Å². The lowest BCUT2D eigenvalue weighted by molar-refractivity contribution is 0.323. The summed E-state index contributed by atoms with van der Waals surface area (Å²) < 4.78 is 16.1. The summed E-state index contributed by atoms with van der Waals surface area (Å²) in [6, 6.07) is 3.82. The minimum Gasteiger partial charge on any atom is -0.493 e. The maximum absolute atomic E-state index is 5.39. The van der Waals surface area contributed by atoms with E-state index >= 15 is 0 Å². The Bertz CT molecular complexity index is 727. The van der Waals surface area contributed by atoms with Gasteiger partial charge in [-0.3, -0.25) is 4.99 Å². The Kier molecular flexibility index (Phi) is 10.2. The van der Waals surface area contributed by atoms with Crippen molar-refractivity contribution >= 4 is 41.3 Å². The number of benzene rings is 1. The Morgan fingerprint density at radius 1 is 1.07 bits per heavy atom. The largest absolute Gasteiger partial charge is 0.493 e. The third-order valence-electron chi connectivity index (χ3n) is 3.75. The average Bonchev–Trinajstić information content (AvgIpc) is 3.15. The van der Waals surface area contributed by atoms with Crippen LogP contribution in [-0.4, -0.2) is 39.3 Å². The summed E-state index contributed by atoms with van der Waals surface area (Å²) in [6.45, 7) is 3.30. The lowest BCUT2D eigenvalue weighted by atomic mass is 10.2. The van der Waals surface area contributed by atoms with Gasteiger partial charge in [-0.05, 0) is 24.1 Å². The monoisotopic (exact) mass is 506 g/mol. The van der Waals surface area contributed by atoms with Crippen molar-refractivity contribution in [1.29, 1.82) is 0 Å². The molecule has 9 heteroatoms. The fourth-order valence-corrected chi connectivity index (χ4v) is 3.16. The standard InChI is InChI=1S/C18H26N4O3S.HI/c1-6-16-22-13(11-26-16)10-21-18(19-2)20-9-12-7-14(23-3)17(25-5)15(8-12)24-4;/h7-8,11H,6,9-10H2,1-5H3,(H2,19,20,21);1H. The van der Waals surface area contributed by atoms with Crippen LogP contribution >= 0.6 is 35.3 Å². The second-order valence-electron chi connectivity index (χ2n) is 5.40. The number of aliphatic imine (C=N–C) groups is 1. The molecule has 1 aromatic carbocycles. The molecule has 0 amide bonds. The molecule has 0 aliphatic rings. The van der Waals surface area contributed by atoms with Crippen LogP contribution in [0, 0.1) is 0 Å². The van der Waals surface area contributed by atoms with Crippen LogP contribution in [0.1, 0.15) is 23.2 Å². The molecular weight excluding hydrogens is 479 g/mol. The number of rotatable bonds is 8. The Balaban J connectivity index is 0.00000364. The highest BCUT2D eigenvalue weighted by Gasteiger charge is 2.13. The smallest absolute Gasteiger partial charge is 0.203 e. The third-order valence-corrected chi connectivity index (χ3v) is 4.79. The Hall–Kier alpha value is -1.75. The summed E-state index contributed by atoms with van der Waals surface area (Å²) in [5, 5.41) is 9.76. The summed E-state index contributed by atoms with van der Waals surface area (Å²) in [5.74, 6) is 2.53. The zero-order valence-electron chi connectivity index (χ0n) is 16.3. The van der Waals surface area contributed by atoms with Gasteiger partial charge in [0, 0.05) is 19.0 Å². The molecule has 0 bridgehead atoms. The van der Waals surface area contributed by atoms with Gasteiger partial charge in [0.2, 0.25) is 5.75 Å². The lowest BCUT2D eigenvalue weighted by Gasteiger charge is -2.15. The number of hydrogen-bond acceptors (Lipinski definition) is 6. The van der Waals surface area contributed by atoms with Crippen LogP contribution in [0.2, 0.25) is 0 Å². The van der Waals surface area contributed by atoms with E-state index in [1.54, 1.807) is 39.7 Å². The molecule has 0 fully saturated rings. The molecule has 0 aliphatic carbocycles. The molecule has 150 valence electrons. The van der Waals surface area contributed by atoms with Gasteiger partial charge in [-0.1, -0.05) is 6.92 Å². The molecule has 0 atom stereocenters. The Morgan fingerprint density at radius 2 is 1.70 bits per heavy atom. The van der Waals surface area contributed by atoms with Crippen molar-refractivity contribution in [3.8, 4) is 17.2 Å². The van der Waals surface area contributed by atoms with Crippen molar-refractivity contribution in [3.63, 3.8) is 0 Å². The second-order valence-corrected chi connectivity index (χ2v) is 6.34. The highest BCUT2D eigenvalue weighted by molar-refractivity contribution is 14.0. The van der Waals surface area contributed by atoms with E-state index in [9.17, 15) is 0 Å². The van der Waals surface area contributed by atoms with Gasteiger partial charge in [0.15, 0.2) is 17.5 Å². The predicted molar refractivity (Wildman–Crippen MR) is 120 cm³/mol. The molecule has 0 aliphatic heterocycles. The highest BCUT2D eigenvalue weighted by Crippen LogP contribution is 2.38. The van der Waals surface area contributed by atoms with Gasteiger partial charge in [0.1, 0.15) is 0 Å². The number of thiazole rings is 1. The summed E-state index contributed by atoms with van der Waals surface area (Å²) in [4.78, 5) is 8.79. The molecule has 27 heavy (non-hydrogen) atoms. The number of ether oxygens (including phenoxy) is 3. The molecule has 0 saturated heterocycles. The summed E-state index contributed by atoms with van der Waals surface area (Å²) in [5.41, 5.74) is 2.01. The van der Waals surface area contributed by atoms with Crippen LogP contribution in [-0.2, 0) is 19.5 Å². The van der Waals surface area contributed by atoms with E-state index in [1.165, 1.54) is 0 Å². The number of guanidine groups is 1. The Labute approximate surface area is 181 Å². The molecule has 2 N–H and O–H groups in total. The number of nitrogens with zero attached hydrogens (tertiary/aromatic N) is 2. The molecule has 2 aromatic rings. The van der Waals surface area contributed by atoms with Crippen molar-refractivity contribution in [3.05, 3.63) is 33.8 Å². The first-order valence-corrected chi connectivity index (χ1v) is 9.19. The van der Waals surface area contributed by atoms with Crippen molar-refractivity contribution in [1.82, 2.24) is 15.6 Å². The Morgan fingerprint density at radius 3 is 2.19 bits per heavy atom. The number of nitrogens with one attached hydrogen (secondary N) is 2. The van der Waals surface area contributed by atoms with Gasteiger partial charge in [-0.25, -0.2) is 4.98 Å². The SMILES string of the molecule is CCc1nc(CNC(=NC)NCc2cc(OC)c(OC)c(OC)c2)cs1.I.